The molecule has 0 saturated carbocycles. The van der Waals surface area contributed by atoms with E-state index in [1.54, 1.807) is 0 Å². The first kappa shape index (κ1) is 12.8. The molecule has 0 fully saturated rings. The van der Waals surface area contributed by atoms with E-state index in [0.29, 0.717) is 11.3 Å². The summed E-state index contributed by atoms with van der Waals surface area (Å²) in [6, 6.07) is 6.88. The van der Waals surface area contributed by atoms with E-state index in [9.17, 15) is 0 Å². The van der Waals surface area contributed by atoms with Gasteiger partial charge in [0, 0.05) is 22.6 Å². The maximum Gasteiger partial charge on any atom is 0.123 e. The van der Waals surface area contributed by atoms with E-state index in [1.165, 1.54) is 17.5 Å². The molecule has 2 rings (SSSR count). The van der Waals surface area contributed by atoms with Crippen molar-refractivity contribution in [2.24, 2.45) is 0 Å². The predicted molar refractivity (Wildman–Crippen MR) is 74.8 cm³/mol. The molecule has 1 aromatic carbocycles. The van der Waals surface area contributed by atoms with Crippen LogP contribution >= 0.6 is 11.8 Å². The zero-order valence-electron chi connectivity index (χ0n) is 10.8. The van der Waals surface area contributed by atoms with Crippen molar-refractivity contribution < 1.29 is 4.74 Å². The normalized spacial score (nSPS) is 23.2. The molecule has 94 valence electrons. The third-order valence-corrected chi connectivity index (χ3v) is 4.82. The maximum atomic E-state index is 5.72. The van der Waals surface area contributed by atoms with Crippen LogP contribution in [0, 0.1) is 0 Å². The van der Waals surface area contributed by atoms with E-state index in [2.05, 4.69) is 37.5 Å². The van der Waals surface area contributed by atoms with Crippen LogP contribution in [0.15, 0.2) is 18.2 Å². The van der Waals surface area contributed by atoms with Crippen molar-refractivity contribution in [3.63, 3.8) is 0 Å². The van der Waals surface area contributed by atoms with Crippen molar-refractivity contribution in [2.45, 2.75) is 37.3 Å². The van der Waals surface area contributed by atoms with Crippen LogP contribution in [-0.2, 0) is 5.75 Å². The van der Waals surface area contributed by atoms with Gasteiger partial charge >= 0.3 is 0 Å². The Morgan fingerprint density at radius 3 is 2.88 bits per heavy atom. The molecule has 1 aliphatic rings. The Balaban J connectivity index is 2.37. The Kier molecular flexibility index (Phi) is 4.35. The molecule has 0 spiro atoms. The van der Waals surface area contributed by atoms with Crippen LogP contribution in [0.2, 0.25) is 0 Å². The highest BCUT2D eigenvalue weighted by molar-refractivity contribution is 7.99. The number of benzene rings is 1. The zero-order chi connectivity index (χ0) is 12.3. The van der Waals surface area contributed by atoms with Gasteiger partial charge in [0.1, 0.15) is 5.75 Å². The molecule has 1 aliphatic heterocycles. The number of fused-ring (bicyclic) bond motifs is 1. The highest BCUT2D eigenvalue weighted by Gasteiger charge is 2.29. The first-order valence-electron chi connectivity index (χ1n) is 6.35. The molecule has 0 amide bonds. The van der Waals surface area contributed by atoms with Gasteiger partial charge in [0.15, 0.2) is 0 Å². The summed E-state index contributed by atoms with van der Waals surface area (Å²) in [4.78, 5) is 0. The van der Waals surface area contributed by atoms with Gasteiger partial charge in [-0.1, -0.05) is 19.1 Å². The fourth-order valence-corrected chi connectivity index (χ4v) is 3.90. The van der Waals surface area contributed by atoms with Crippen LogP contribution in [0.25, 0.3) is 0 Å². The molecule has 0 aliphatic carbocycles. The lowest BCUT2D eigenvalue weighted by molar-refractivity contribution is 0.336. The smallest absolute Gasteiger partial charge is 0.123 e. The number of thioether (sulfide) groups is 1. The zero-order valence-corrected chi connectivity index (χ0v) is 11.6. The van der Waals surface area contributed by atoms with E-state index in [1.807, 2.05) is 18.7 Å². The van der Waals surface area contributed by atoms with Crippen molar-refractivity contribution in [3.05, 3.63) is 29.3 Å². The van der Waals surface area contributed by atoms with Gasteiger partial charge in [-0.15, -0.1) is 0 Å². The SMILES string of the molecule is CCOc1cccc2c1CSC(CC)C2NC. The molecular weight excluding hydrogens is 230 g/mol. The average Bonchev–Trinajstić information content (AvgIpc) is 2.38. The summed E-state index contributed by atoms with van der Waals surface area (Å²) in [5.74, 6) is 2.13. The van der Waals surface area contributed by atoms with Crippen LogP contribution in [0.3, 0.4) is 0 Å². The number of hydrogen-bond acceptors (Lipinski definition) is 3. The average molecular weight is 251 g/mol. The molecule has 0 radical (unpaired) electrons. The Morgan fingerprint density at radius 2 is 2.24 bits per heavy atom. The molecule has 2 unspecified atom stereocenters. The predicted octanol–water partition coefficient (Wildman–Crippen LogP) is 3.37. The molecule has 1 aromatic rings. The van der Waals surface area contributed by atoms with Crippen LogP contribution in [0.5, 0.6) is 5.75 Å². The Morgan fingerprint density at radius 1 is 1.41 bits per heavy atom. The second-order valence-corrected chi connectivity index (χ2v) is 5.51. The van der Waals surface area contributed by atoms with Gasteiger partial charge in [0.25, 0.3) is 0 Å². The molecule has 0 aromatic heterocycles. The van der Waals surface area contributed by atoms with E-state index in [-0.39, 0.29) is 0 Å². The third-order valence-electron chi connectivity index (χ3n) is 3.33. The van der Waals surface area contributed by atoms with Crippen LogP contribution < -0.4 is 10.1 Å². The van der Waals surface area contributed by atoms with Crippen LogP contribution in [-0.4, -0.2) is 18.9 Å². The lowest BCUT2D eigenvalue weighted by Gasteiger charge is -2.33. The first-order valence-corrected chi connectivity index (χ1v) is 7.40. The monoisotopic (exact) mass is 251 g/mol. The minimum Gasteiger partial charge on any atom is -0.494 e. The quantitative estimate of drug-likeness (QED) is 0.886. The lowest BCUT2D eigenvalue weighted by Crippen LogP contribution is -2.31. The number of nitrogens with one attached hydrogen (secondary N) is 1. The van der Waals surface area contributed by atoms with Crippen molar-refractivity contribution >= 4 is 11.8 Å². The molecule has 2 nitrogen and oxygen atoms in total. The van der Waals surface area contributed by atoms with Gasteiger partial charge < -0.3 is 10.1 Å². The molecule has 0 bridgehead atoms. The lowest BCUT2D eigenvalue weighted by atomic mass is 9.96. The summed E-state index contributed by atoms with van der Waals surface area (Å²) in [6.45, 7) is 5.04. The summed E-state index contributed by atoms with van der Waals surface area (Å²) in [5.41, 5.74) is 2.80. The molecule has 17 heavy (non-hydrogen) atoms. The highest BCUT2D eigenvalue weighted by atomic mass is 32.2. The summed E-state index contributed by atoms with van der Waals surface area (Å²) in [5, 5.41) is 4.12. The minimum absolute atomic E-state index is 0.453. The third kappa shape index (κ3) is 2.45. The van der Waals surface area contributed by atoms with Crippen molar-refractivity contribution in [2.75, 3.05) is 13.7 Å². The van der Waals surface area contributed by atoms with Gasteiger partial charge in [-0.25, -0.2) is 0 Å². The topological polar surface area (TPSA) is 21.3 Å². The van der Waals surface area contributed by atoms with Gasteiger partial charge in [0.2, 0.25) is 0 Å². The molecule has 1 heterocycles. The Labute approximate surface area is 108 Å². The first-order chi connectivity index (χ1) is 8.31. The maximum absolute atomic E-state index is 5.72. The summed E-state index contributed by atoms with van der Waals surface area (Å²) >= 11 is 2.04. The molecular formula is C14H21NOS. The van der Waals surface area contributed by atoms with E-state index >= 15 is 0 Å². The molecule has 3 heteroatoms. The largest absolute Gasteiger partial charge is 0.494 e. The highest BCUT2D eigenvalue weighted by Crippen LogP contribution is 2.42. The van der Waals surface area contributed by atoms with E-state index in [4.69, 9.17) is 4.74 Å². The summed E-state index contributed by atoms with van der Waals surface area (Å²) in [6.07, 6.45) is 1.20. The second-order valence-electron chi connectivity index (χ2n) is 4.28. The molecule has 0 saturated heterocycles. The fourth-order valence-electron chi connectivity index (χ4n) is 2.50. The van der Waals surface area contributed by atoms with Gasteiger partial charge in [0.05, 0.1) is 6.61 Å². The number of hydrogen-bond donors (Lipinski definition) is 1. The minimum atomic E-state index is 0.453. The van der Waals surface area contributed by atoms with Crippen molar-refractivity contribution in [1.29, 1.82) is 0 Å². The fraction of sp³-hybridized carbons (Fsp3) is 0.571. The number of rotatable bonds is 4. The van der Waals surface area contributed by atoms with E-state index in [0.717, 1.165) is 18.1 Å². The van der Waals surface area contributed by atoms with Gasteiger partial charge in [-0.05, 0) is 32.0 Å². The van der Waals surface area contributed by atoms with E-state index < -0.39 is 0 Å². The standard InChI is InChI=1S/C14H21NOS/c1-4-13-14(15-3)10-7-6-8-12(16-5-2)11(10)9-17-13/h6-8,13-15H,4-5,9H2,1-3H3. The Hall–Kier alpha value is -0.670. The van der Waals surface area contributed by atoms with Crippen LogP contribution in [0.1, 0.15) is 37.4 Å². The summed E-state index contributed by atoms with van der Waals surface area (Å²) in [7, 11) is 2.05. The summed E-state index contributed by atoms with van der Waals surface area (Å²) < 4.78 is 5.72. The second kappa shape index (κ2) is 5.78. The van der Waals surface area contributed by atoms with Crippen molar-refractivity contribution in [1.82, 2.24) is 5.32 Å². The van der Waals surface area contributed by atoms with Crippen LogP contribution in [0.4, 0.5) is 0 Å². The molecule has 2 atom stereocenters. The van der Waals surface area contributed by atoms with Crippen molar-refractivity contribution in [3.8, 4) is 5.75 Å². The van der Waals surface area contributed by atoms with Gasteiger partial charge in [-0.3, -0.25) is 0 Å². The number of ether oxygens (including phenoxy) is 1. The molecule has 1 N–H and O–H groups in total. The van der Waals surface area contributed by atoms with Gasteiger partial charge in [-0.2, -0.15) is 11.8 Å². The Bertz CT molecular complexity index is 380.